The quantitative estimate of drug-likeness (QED) is 0.664. The van der Waals surface area contributed by atoms with Gasteiger partial charge in [-0.2, -0.15) is 0 Å². The summed E-state index contributed by atoms with van der Waals surface area (Å²) in [4.78, 5) is 0. The Labute approximate surface area is 99.5 Å². The molecule has 0 saturated heterocycles. The van der Waals surface area contributed by atoms with Crippen LogP contribution in [0.2, 0.25) is 10.0 Å². The van der Waals surface area contributed by atoms with Gasteiger partial charge in [-0.25, -0.2) is 0 Å². The van der Waals surface area contributed by atoms with E-state index in [1.807, 2.05) is 42.5 Å². The molecule has 15 heavy (non-hydrogen) atoms. The second-order valence-corrected chi connectivity index (χ2v) is 4.04. The molecule has 0 aliphatic heterocycles. The molecule has 0 nitrogen and oxygen atoms in total. The van der Waals surface area contributed by atoms with Gasteiger partial charge in [0.05, 0.1) is 5.02 Å². The van der Waals surface area contributed by atoms with Gasteiger partial charge in [0.15, 0.2) is 0 Å². The molecule has 75 valence electrons. The van der Waals surface area contributed by atoms with Gasteiger partial charge in [0.2, 0.25) is 0 Å². The highest BCUT2D eigenvalue weighted by atomic mass is 35.5. The molecule has 2 aromatic carbocycles. The van der Waals surface area contributed by atoms with E-state index in [1.54, 1.807) is 0 Å². The summed E-state index contributed by atoms with van der Waals surface area (Å²) in [7, 11) is 0. The van der Waals surface area contributed by atoms with Gasteiger partial charge in [-0.1, -0.05) is 59.6 Å². The highest BCUT2D eigenvalue weighted by Gasteiger charge is 2.07. The second-order valence-electron chi connectivity index (χ2n) is 3.25. The first-order valence-electron chi connectivity index (χ1n) is 4.55. The first-order chi connectivity index (χ1) is 7.20. The van der Waals surface area contributed by atoms with Crippen LogP contribution in [0.3, 0.4) is 0 Å². The molecule has 0 unspecified atom stereocenters. The van der Waals surface area contributed by atoms with Crippen LogP contribution in [0, 0.1) is 6.92 Å². The van der Waals surface area contributed by atoms with Gasteiger partial charge in [-0.3, -0.25) is 0 Å². The van der Waals surface area contributed by atoms with Crippen LogP contribution in [-0.2, 0) is 0 Å². The van der Waals surface area contributed by atoms with E-state index in [2.05, 4.69) is 6.92 Å². The molecule has 0 aromatic heterocycles. The van der Waals surface area contributed by atoms with Crippen molar-refractivity contribution in [2.24, 2.45) is 0 Å². The molecule has 0 aliphatic carbocycles. The van der Waals surface area contributed by atoms with E-state index < -0.39 is 0 Å². The van der Waals surface area contributed by atoms with Gasteiger partial charge in [-0.05, 0) is 24.1 Å². The summed E-state index contributed by atoms with van der Waals surface area (Å²) in [5.41, 5.74) is 2.72. The molecule has 0 spiro atoms. The zero-order valence-corrected chi connectivity index (χ0v) is 9.52. The highest BCUT2D eigenvalue weighted by Crippen LogP contribution is 2.33. The first-order valence-corrected chi connectivity index (χ1v) is 5.31. The normalized spacial score (nSPS) is 10.3. The Morgan fingerprint density at radius 3 is 2.20 bits per heavy atom. The predicted molar refractivity (Wildman–Crippen MR) is 66.4 cm³/mol. The van der Waals surface area contributed by atoms with E-state index in [0.29, 0.717) is 15.6 Å². The minimum absolute atomic E-state index is 0.597. The number of rotatable bonds is 1. The summed E-state index contributed by atoms with van der Waals surface area (Å²) in [6.07, 6.45) is 0. The van der Waals surface area contributed by atoms with Crippen LogP contribution < -0.4 is 0 Å². The van der Waals surface area contributed by atoms with Gasteiger partial charge >= 0.3 is 0 Å². The van der Waals surface area contributed by atoms with Crippen molar-refractivity contribution < 1.29 is 0 Å². The summed E-state index contributed by atoms with van der Waals surface area (Å²) in [5.74, 6) is 0. The van der Waals surface area contributed by atoms with E-state index >= 15 is 0 Å². The van der Waals surface area contributed by atoms with Crippen LogP contribution >= 0.6 is 23.2 Å². The van der Waals surface area contributed by atoms with Crippen molar-refractivity contribution in [2.75, 3.05) is 0 Å². The highest BCUT2D eigenvalue weighted by molar-refractivity contribution is 6.38. The van der Waals surface area contributed by atoms with E-state index in [9.17, 15) is 0 Å². The maximum absolute atomic E-state index is 6.19. The van der Waals surface area contributed by atoms with E-state index in [0.717, 1.165) is 11.1 Å². The zero-order valence-electron chi connectivity index (χ0n) is 8.00. The molecule has 1 radical (unpaired) electrons. The molecule has 2 aromatic rings. The Kier molecular flexibility index (Phi) is 2.99. The lowest BCUT2D eigenvalue weighted by atomic mass is 10.0. The van der Waals surface area contributed by atoms with Crippen molar-refractivity contribution in [2.45, 2.75) is 0 Å². The van der Waals surface area contributed by atoms with Gasteiger partial charge in [0, 0.05) is 10.6 Å². The van der Waals surface area contributed by atoms with Crippen molar-refractivity contribution in [1.82, 2.24) is 0 Å². The molecule has 0 bridgehead atoms. The molecule has 0 aliphatic rings. The van der Waals surface area contributed by atoms with E-state index in [1.165, 1.54) is 0 Å². The summed E-state index contributed by atoms with van der Waals surface area (Å²) in [5, 5.41) is 1.22. The fraction of sp³-hybridized carbons (Fsp3) is 0. The second kappa shape index (κ2) is 4.26. The third-order valence-electron chi connectivity index (χ3n) is 2.27. The molecular weight excluding hydrogens is 227 g/mol. The Bertz CT molecular complexity index is 475. The topological polar surface area (TPSA) is 0 Å². The van der Waals surface area contributed by atoms with Crippen LogP contribution in [0.5, 0.6) is 0 Å². The smallest absolute Gasteiger partial charge is 0.0531 e. The molecule has 2 heteroatoms. The van der Waals surface area contributed by atoms with Crippen LogP contribution in [-0.4, -0.2) is 0 Å². The third kappa shape index (κ3) is 2.01. The van der Waals surface area contributed by atoms with Gasteiger partial charge in [0.1, 0.15) is 0 Å². The third-order valence-corrected chi connectivity index (χ3v) is 3.06. The largest absolute Gasteiger partial charge is 0.0840 e. The Hall–Kier alpha value is -0.980. The van der Waals surface area contributed by atoms with Crippen molar-refractivity contribution in [1.29, 1.82) is 0 Å². The summed E-state index contributed by atoms with van der Waals surface area (Å²) in [6.45, 7) is 3.84. The lowest BCUT2D eigenvalue weighted by Gasteiger charge is -2.08. The molecule has 2 rings (SSSR count). The lowest BCUT2D eigenvalue weighted by molar-refractivity contribution is 1.57. The van der Waals surface area contributed by atoms with Crippen LogP contribution in [0.25, 0.3) is 11.1 Å². The standard InChI is InChI=1S/C13H9Cl2/c1-9-12(14)8-7-11(13(9)15)10-5-3-2-4-6-10/h2-8H,1H2. The molecule has 0 amide bonds. The zero-order chi connectivity index (χ0) is 10.8. The summed E-state index contributed by atoms with van der Waals surface area (Å²) >= 11 is 12.1. The van der Waals surface area contributed by atoms with Crippen LogP contribution in [0.4, 0.5) is 0 Å². The summed E-state index contributed by atoms with van der Waals surface area (Å²) in [6, 6.07) is 13.7. The number of benzene rings is 2. The van der Waals surface area contributed by atoms with Crippen molar-refractivity contribution in [3.05, 3.63) is 65.0 Å². The maximum atomic E-state index is 6.19. The lowest BCUT2D eigenvalue weighted by Crippen LogP contribution is -1.84. The molecule has 0 atom stereocenters. The average Bonchev–Trinajstić information content (AvgIpc) is 2.27. The minimum Gasteiger partial charge on any atom is -0.0840 e. The number of hydrogen-bond donors (Lipinski definition) is 0. The van der Waals surface area contributed by atoms with Gasteiger partial charge in [0.25, 0.3) is 0 Å². The first kappa shape index (κ1) is 10.5. The molecule has 0 saturated carbocycles. The maximum Gasteiger partial charge on any atom is 0.0531 e. The molecule has 0 N–H and O–H groups in total. The average molecular weight is 236 g/mol. The summed E-state index contributed by atoms with van der Waals surface area (Å²) < 4.78 is 0. The van der Waals surface area contributed by atoms with Crippen LogP contribution in [0.15, 0.2) is 42.5 Å². The molecular formula is C13H9Cl2. The molecule has 0 fully saturated rings. The fourth-order valence-electron chi connectivity index (χ4n) is 1.44. The minimum atomic E-state index is 0.597. The van der Waals surface area contributed by atoms with Gasteiger partial charge < -0.3 is 0 Å². The van der Waals surface area contributed by atoms with E-state index in [4.69, 9.17) is 23.2 Å². The van der Waals surface area contributed by atoms with Crippen molar-refractivity contribution in [3.63, 3.8) is 0 Å². The van der Waals surface area contributed by atoms with Crippen LogP contribution in [0.1, 0.15) is 5.56 Å². The Morgan fingerprint density at radius 2 is 1.53 bits per heavy atom. The van der Waals surface area contributed by atoms with Crippen molar-refractivity contribution in [3.8, 4) is 11.1 Å². The Balaban J connectivity index is 2.60. The van der Waals surface area contributed by atoms with Crippen molar-refractivity contribution >= 4 is 23.2 Å². The molecule has 0 heterocycles. The SMILES string of the molecule is [CH2]c1c(Cl)ccc(-c2ccccc2)c1Cl. The Morgan fingerprint density at radius 1 is 0.867 bits per heavy atom. The number of halogens is 2. The van der Waals surface area contributed by atoms with Gasteiger partial charge in [-0.15, -0.1) is 0 Å². The fourth-order valence-corrected chi connectivity index (χ4v) is 1.92. The van der Waals surface area contributed by atoms with E-state index in [-0.39, 0.29) is 0 Å². The predicted octanol–water partition coefficient (Wildman–Crippen LogP) is 4.84. The number of hydrogen-bond acceptors (Lipinski definition) is 0. The monoisotopic (exact) mass is 235 g/mol.